The van der Waals surface area contributed by atoms with E-state index in [2.05, 4.69) is 5.32 Å². The van der Waals surface area contributed by atoms with Crippen molar-refractivity contribution in [1.29, 1.82) is 0 Å². The Morgan fingerprint density at radius 1 is 0.931 bits per heavy atom. The average Bonchev–Trinajstić information content (AvgIpc) is 2.66. The first-order valence-corrected chi connectivity index (χ1v) is 9.75. The van der Waals surface area contributed by atoms with E-state index >= 15 is 0 Å². The summed E-state index contributed by atoms with van der Waals surface area (Å²) in [6.45, 7) is 11.0. The van der Waals surface area contributed by atoms with Crippen LogP contribution in [0.5, 0.6) is 0 Å². The van der Waals surface area contributed by atoms with Crippen molar-refractivity contribution < 1.29 is 19.1 Å². The van der Waals surface area contributed by atoms with Gasteiger partial charge in [-0.15, -0.1) is 0 Å². The molecule has 1 atom stereocenters. The molecule has 0 aliphatic heterocycles. The molecule has 5 nitrogen and oxygen atoms in total. The van der Waals surface area contributed by atoms with Crippen LogP contribution in [0.25, 0.3) is 0 Å². The van der Waals surface area contributed by atoms with E-state index in [9.17, 15) is 14.4 Å². The number of aryl methyl sites for hydroxylation is 4. The fraction of sp³-hybridized carbons (Fsp3) is 0.375. The number of hydrogen-bond donors (Lipinski definition) is 1. The molecule has 0 saturated carbocycles. The van der Waals surface area contributed by atoms with Crippen LogP contribution < -0.4 is 5.32 Å². The number of benzene rings is 2. The summed E-state index contributed by atoms with van der Waals surface area (Å²) in [4.78, 5) is 37.6. The van der Waals surface area contributed by atoms with Crippen molar-refractivity contribution >= 4 is 17.7 Å². The minimum Gasteiger partial charge on any atom is -0.456 e. The van der Waals surface area contributed by atoms with Crippen LogP contribution in [0.3, 0.4) is 0 Å². The number of hydrogen-bond acceptors (Lipinski definition) is 4. The molecule has 0 aliphatic carbocycles. The minimum atomic E-state index is -0.836. The van der Waals surface area contributed by atoms with E-state index in [0.717, 1.165) is 22.3 Å². The predicted octanol–water partition coefficient (Wildman–Crippen LogP) is 4.10. The first-order chi connectivity index (χ1) is 13.6. The van der Waals surface area contributed by atoms with Crippen LogP contribution >= 0.6 is 0 Å². The van der Waals surface area contributed by atoms with E-state index in [-0.39, 0.29) is 24.2 Å². The number of carbonyl (C=O) groups is 3. The Kier molecular flexibility index (Phi) is 7.32. The highest BCUT2D eigenvalue weighted by atomic mass is 16.5. The first kappa shape index (κ1) is 22.3. The molecule has 1 N–H and O–H groups in total. The smallest absolute Gasteiger partial charge is 0.329 e. The highest BCUT2D eigenvalue weighted by Crippen LogP contribution is 2.16. The third kappa shape index (κ3) is 5.76. The lowest BCUT2D eigenvalue weighted by atomic mass is 9.98. The average molecular weight is 395 g/mol. The number of ketones is 1. The molecule has 0 spiro atoms. The second-order valence-electron chi connectivity index (χ2n) is 7.85. The van der Waals surface area contributed by atoms with E-state index in [4.69, 9.17) is 4.74 Å². The zero-order valence-corrected chi connectivity index (χ0v) is 18.0. The van der Waals surface area contributed by atoms with E-state index in [1.807, 2.05) is 59.7 Å². The lowest BCUT2D eigenvalue weighted by Crippen LogP contribution is -2.45. The van der Waals surface area contributed by atoms with Crippen molar-refractivity contribution in [3.05, 3.63) is 69.8 Å². The lowest BCUT2D eigenvalue weighted by Gasteiger charge is -2.21. The van der Waals surface area contributed by atoms with Gasteiger partial charge in [0.25, 0.3) is 5.91 Å². The van der Waals surface area contributed by atoms with Gasteiger partial charge in [0, 0.05) is 11.1 Å². The number of Topliss-reactive ketones (excluding diaryl/α,β-unsaturated/α-hetero) is 1. The van der Waals surface area contributed by atoms with Crippen molar-refractivity contribution in [2.45, 2.75) is 47.6 Å². The second-order valence-corrected chi connectivity index (χ2v) is 7.85. The Morgan fingerprint density at radius 2 is 1.59 bits per heavy atom. The Balaban J connectivity index is 2.05. The molecule has 0 bridgehead atoms. The molecule has 0 heterocycles. The third-order valence-electron chi connectivity index (χ3n) is 4.97. The van der Waals surface area contributed by atoms with Crippen molar-refractivity contribution in [1.82, 2.24) is 5.32 Å². The van der Waals surface area contributed by atoms with E-state index < -0.39 is 12.0 Å². The van der Waals surface area contributed by atoms with E-state index in [1.165, 1.54) is 0 Å². The van der Waals surface area contributed by atoms with Gasteiger partial charge in [-0.2, -0.15) is 0 Å². The van der Waals surface area contributed by atoms with Crippen molar-refractivity contribution in [2.24, 2.45) is 5.92 Å². The number of amides is 1. The molecule has 5 heteroatoms. The van der Waals surface area contributed by atoms with Crippen molar-refractivity contribution in [2.75, 3.05) is 6.61 Å². The molecular formula is C24H29NO4. The quantitative estimate of drug-likeness (QED) is 0.566. The summed E-state index contributed by atoms with van der Waals surface area (Å²) in [6, 6.07) is 10.1. The molecular weight excluding hydrogens is 366 g/mol. The molecule has 154 valence electrons. The zero-order chi connectivity index (χ0) is 21.7. The normalized spacial score (nSPS) is 11.8. The number of carbonyl (C=O) groups excluding carboxylic acids is 3. The SMILES string of the molecule is Cc1cccc(C(=O)N[C@@H](C(=O)OCC(=O)c2cc(C)c(C)cc2C)C(C)C)c1. The fourth-order valence-electron chi connectivity index (χ4n) is 3.07. The predicted molar refractivity (Wildman–Crippen MR) is 113 cm³/mol. The van der Waals surface area contributed by atoms with Crippen LogP contribution in [0.2, 0.25) is 0 Å². The largest absolute Gasteiger partial charge is 0.456 e. The maximum atomic E-state index is 12.6. The van der Waals surface area contributed by atoms with Gasteiger partial charge in [0.05, 0.1) is 0 Å². The Bertz CT molecular complexity index is 930. The van der Waals surface area contributed by atoms with E-state index in [1.54, 1.807) is 18.2 Å². The molecule has 1 amide bonds. The zero-order valence-electron chi connectivity index (χ0n) is 18.0. The van der Waals surface area contributed by atoms with Crippen LogP contribution in [0.15, 0.2) is 36.4 Å². The van der Waals surface area contributed by atoms with Crippen LogP contribution in [0.1, 0.15) is 56.8 Å². The van der Waals surface area contributed by atoms with Gasteiger partial charge in [-0.05, 0) is 68.5 Å². The first-order valence-electron chi connectivity index (χ1n) is 9.75. The number of nitrogens with one attached hydrogen (secondary N) is 1. The Morgan fingerprint density at radius 3 is 2.21 bits per heavy atom. The van der Waals surface area contributed by atoms with Gasteiger partial charge in [0.1, 0.15) is 6.04 Å². The van der Waals surface area contributed by atoms with Crippen LogP contribution in [-0.4, -0.2) is 30.3 Å². The topological polar surface area (TPSA) is 72.5 Å². The maximum absolute atomic E-state index is 12.6. The molecule has 2 aromatic carbocycles. The summed E-state index contributed by atoms with van der Waals surface area (Å²) >= 11 is 0. The summed E-state index contributed by atoms with van der Waals surface area (Å²) in [5.74, 6) is -1.40. The van der Waals surface area contributed by atoms with Crippen LogP contribution in [0.4, 0.5) is 0 Å². The Hall–Kier alpha value is -2.95. The molecule has 0 fully saturated rings. The van der Waals surface area contributed by atoms with Gasteiger partial charge in [0.15, 0.2) is 6.61 Å². The van der Waals surface area contributed by atoms with Gasteiger partial charge in [-0.25, -0.2) is 4.79 Å². The summed E-state index contributed by atoms with van der Waals surface area (Å²) in [5.41, 5.74) is 4.94. The third-order valence-corrected chi connectivity index (χ3v) is 4.97. The summed E-state index contributed by atoms with van der Waals surface area (Å²) in [5, 5.41) is 2.73. The van der Waals surface area contributed by atoms with Gasteiger partial charge >= 0.3 is 5.97 Å². The second kappa shape index (κ2) is 9.50. The van der Waals surface area contributed by atoms with E-state index in [0.29, 0.717) is 11.1 Å². The molecule has 29 heavy (non-hydrogen) atoms. The standard InChI is InChI=1S/C24H29NO4/c1-14(2)22(25-23(27)19-9-7-8-15(3)10-19)24(28)29-13-21(26)20-12-17(5)16(4)11-18(20)6/h7-12,14,22H,13H2,1-6H3,(H,25,27)/t22-/m1/s1. The number of esters is 1. The van der Waals surface area contributed by atoms with Gasteiger partial charge in [-0.3, -0.25) is 9.59 Å². The fourth-order valence-corrected chi connectivity index (χ4v) is 3.07. The highest BCUT2D eigenvalue weighted by Gasteiger charge is 2.27. The van der Waals surface area contributed by atoms with Gasteiger partial charge in [-0.1, -0.05) is 37.6 Å². The van der Waals surface area contributed by atoms with Crippen molar-refractivity contribution in [3.63, 3.8) is 0 Å². The van der Waals surface area contributed by atoms with Crippen LogP contribution in [0, 0.1) is 33.6 Å². The molecule has 0 saturated heterocycles. The van der Waals surface area contributed by atoms with Gasteiger partial charge < -0.3 is 10.1 Å². The lowest BCUT2D eigenvalue weighted by molar-refractivity contribution is -0.145. The van der Waals surface area contributed by atoms with Crippen LogP contribution in [-0.2, 0) is 9.53 Å². The summed E-state index contributed by atoms with van der Waals surface area (Å²) in [7, 11) is 0. The minimum absolute atomic E-state index is 0.185. The number of rotatable bonds is 7. The molecule has 0 aromatic heterocycles. The molecule has 0 unspecified atom stereocenters. The van der Waals surface area contributed by atoms with Crippen molar-refractivity contribution in [3.8, 4) is 0 Å². The molecule has 2 aromatic rings. The molecule has 0 radical (unpaired) electrons. The molecule has 0 aliphatic rings. The van der Waals surface area contributed by atoms with Gasteiger partial charge in [0.2, 0.25) is 5.78 Å². The summed E-state index contributed by atoms with van der Waals surface area (Å²) in [6.07, 6.45) is 0. The molecule has 2 rings (SSSR count). The highest BCUT2D eigenvalue weighted by molar-refractivity contribution is 6.00. The Labute approximate surface area is 172 Å². The summed E-state index contributed by atoms with van der Waals surface area (Å²) < 4.78 is 5.26. The number of ether oxygens (including phenoxy) is 1. The maximum Gasteiger partial charge on any atom is 0.329 e. The monoisotopic (exact) mass is 395 g/mol.